The second-order valence-corrected chi connectivity index (χ2v) is 4.40. The van der Waals surface area contributed by atoms with Crippen molar-refractivity contribution < 1.29 is 14.3 Å². The minimum absolute atomic E-state index is 0.154. The van der Waals surface area contributed by atoms with E-state index in [0.717, 1.165) is 0 Å². The molecule has 100 valence electrons. The molecule has 4 nitrogen and oxygen atoms in total. The maximum absolute atomic E-state index is 11.2. The molecule has 0 aliphatic heterocycles. The van der Waals surface area contributed by atoms with Crippen molar-refractivity contribution in [3.8, 4) is 5.75 Å². The lowest BCUT2D eigenvalue weighted by Crippen LogP contribution is -2.10. The summed E-state index contributed by atoms with van der Waals surface area (Å²) in [5.74, 6) is 0.0554. The Hall–Kier alpha value is -1.00. The lowest BCUT2D eigenvalue weighted by atomic mass is 10.3. The van der Waals surface area contributed by atoms with Gasteiger partial charge in [0.25, 0.3) is 0 Å². The molecule has 0 N–H and O–H groups in total. The van der Waals surface area contributed by atoms with Crippen LogP contribution in [-0.2, 0) is 9.53 Å². The van der Waals surface area contributed by atoms with Gasteiger partial charge in [0.15, 0.2) is 5.75 Å². The number of halogens is 2. The molecule has 1 rings (SSSR count). The highest BCUT2D eigenvalue weighted by molar-refractivity contribution is 6.37. The third kappa shape index (κ3) is 3.75. The third-order valence-corrected chi connectivity index (χ3v) is 3.12. The standard InChI is InChI=1S/C12H15Cl2NO3/c1-4-17-9(16)5-6-18-12-10(13)7(2)15-8(3)11(12)14/h4-6H2,1-3H3. The molecule has 0 fully saturated rings. The zero-order valence-electron chi connectivity index (χ0n) is 10.5. The predicted octanol–water partition coefficient (Wildman–Crippen LogP) is 3.34. The zero-order valence-corrected chi connectivity index (χ0v) is 12.1. The van der Waals surface area contributed by atoms with Crippen molar-refractivity contribution >= 4 is 29.2 Å². The van der Waals surface area contributed by atoms with Crippen LogP contribution in [0.3, 0.4) is 0 Å². The van der Waals surface area contributed by atoms with E-state index in [0.29, 0.717) is 33.8 Å². The Labute approximate surface area is 116 Å². The highest BCUT2D eigenvalue weighted by Crippen LogP contribution is 2.36. The first-order valence-electron chi connectivity index (χ1n) is 5.58. The van der Waals surface area contributed by atoms with Crippen LogP contribution in [-0.4, -0.2) is 24.2 Å². The molecular weight excluding hydrogens is 277 g/mol. The summed E-state index contributed by atoms with van der Waals surface area (Å²) in [6, 6.07) is 0. The summed E-state index contributed by atoms with van der Waals surface area (Å²) in [4.78, 5) is 15.3. The number of pyridine rings is 1. The smallest absolute Gasteiger partial charge is 0.309 e. The Morgan fingerprint density at radius 1 is 1.22 bits per heavy atom. The monoisotopic (exact) mass is 291 g/mol. The van der Waals surface area contributed by atoms with Crippen LogP contribution in [0.2, 0.25) is 10.0 Å². The predicted molar refractivity (Wildman–Crippen MR) is 70.5 cm³/mol. The molecule has 0 spiro atoms. The fourth-order valence-corrected chi connectivity index (χ4v) is 1.80. The van der Waals surface area contributed by atoms with E-state index in [1.54, 1.807) is 20.8 Å². The van der Waals surface area contributed by atoms with Crippen molar-refractivity contribution in [1.29, 1.82) is 0 Å². The van der Waals surface area contributed by atoms with Crippen LogP contribution in [0.25, 0.3) is 0 Å². The number of aryl methyl sites for hydroxylation is 2. The van der Waals surface area contributed by atoms with Gasteiger partial charge >= 0.3 is 5.97 Å². The number of ether oxygens (including phenoxy) is 2. The molecule has 0 radical (unpaired) electrons. The Morgan fingerprint density at radius 2 is 1.78 bits per heavy atom. The number of hydrogen-bond acceptors (Lipinski definition) is 4. The van der Waals surface area contributed by atoms with Gasteiger partial charge in [-0.05, 0) is 20.8 Å². The van der Waals surface area contributed by atoms with Crippen LogP contribution >= 0.6 is 23.2 Å². The molecule has 0 aliphatic rings. The molecule has 1 heterocycles. The van der Waals surface area contributed by atoms with E-state index >= 15 is 0 Å². The maximum atomic E-state index is 11.2. The fourth-order valence-electron chi connectivity index (χ4n) is 1.37. The molecule has 0 amide bonds. The Kier molecular flexibility index (Phi) is 5.69. The average Bonchev–Trinajstić information content (AvgIpc) is 2.31. The van der Waals surface area contributed by atoms with Crippen LogP contribution in [0.1, 0.15) is 24.7 Å². The molecule has 18 heavy (non-hydrogen) atoms. The molecular formula is C12H15Cl2NO3. The first-order chi connectivity index (χ1) is 8.47. The summed E-state index contributed by atoms with van der Waals surface area (Å²) in [6.45, 7) is 5.81. The van der Waals surface area contributed by atoms with Gasteiger partial charge in [0.2, 0.25) is 0 Å². The van der Waals surface area contributed by atoms with Gasteiger partial charge in [-0.25, -0.2) is 0 Å². The van der Waals surface area contributed by atoms with Crippen molar-refractivity contribution in [2.24, 2.45) is 0 Å². The third-order valence-electron chi connectivity index (χ3n) is 2.23. The molecule has 1 aromatic rings. The van der Waals surface area contributed by atoms with Gasteiger partial charge in [0.05, 0.1) is 31.0 Å². The van der Waals surface area contributed by atoms with Gasteiger partial charge < -0.3 is 9.47 Å². The minimum Gasteiger partial charge on any atom is -0.490 e. The van der Waals surface area contributed by atoms with E-state index in [-0.39, 0.29) is 19.0 Å². The van der Waals surface area contributed by atoms with E-state index in [2.05, 4.69) is 4.98 Å². The lowest BCUT2D eigenvalue weighted by molar-refractivity contribution is -0.143. The van der Waals surface area contributed by atoms with Crippen LogP contribution < -0.4 is 4.74 Å². The lowest BCUT2D eigenvalue weighted by Gasteiger charge is -2.12. The largest absolute Gasteiger partial charge is 0.490 e. The van der Waals surface area contributed by atoms with E-state index in [4.69, 9.17) is 32.7 Å². The van der Waals surface area contributed by atoms with Gasteiger partial charge in [0, 0.05) is 0 Å². The summed E-state index contributed by atoms with van der Waals surface area (Å²) in [6.07, 6.45) is 0.154. The highest BCUT2D eigenvalue weighted by atomic mass is 35.5. The van der Waals surface area contributed by atoms with Crippen molar-refractivity contribution in [3.05, 3.63) is 21.4 Å². The van der Waals surface area contributed by atoms with Crippen molar-refractivity contribution in [2.45, 2.75) is 27.2 Å². The van der Waals surface area contributed by atoms with E-state index in [1.165, 1.54) is 0 Å². The van der Waals surface area contributed by atoms with Crippen molar-refractivity contribution in [3.63, 3.8) is 0 Å². The summed E-state index contributed by atoms with van der Waals surface area (Å²) >= 11 is 12.1. The normalized spacial score (nSPS) is 10.3. The Morgan fingerprint density at radius 3 is 2.28 bits per heavy atom. The molecule has 0 unspecified atom stereocenters. The summed E-state index contributed by atoms with van der Waals surface area (Å²) in [7, 11) is 0. The number of rotatable bonds is 5. The van der Waals surface area contributed by atoms with E-state index in [1.807, 2.05) is 0 Å². The summed E-state index contributed by atoms with van der Waals surface area (Å²) < 4.78 is 10.2. The van der Waals surface area contributed by atoms with Gasteiger partial charge in [0.1, 0.15) is 10.0 Å². The van der Waals surface area contributed by atoms with Crippen LogP contribution in [0, 0.1) is 13.8 Å². The first-order valence-corrected chi connectivity index (χ1v) is 6.33. The van der Waals surface area contributed by atoms with E-state index in [9.17, 15) is 4.79 Å². The second kappa shape index (κ2) is 6.81. The molecule has 0 bridgehead atoms. The number of esters is 1. The summed E-state index contributed by atoms with van der Waals surface area (Å²) in [5, 5.41) is 0.740. The van der Waals surface area contributed by atoms with Gasteiger partial charge in [-0.2, -0.15) is 0 Å². The number of carbonyl (C=O) groups excluding carboxylic acids is 1. The minimum atomic E-state index is -0.313. The molecule has 0 saturated heterocycles. The Bertz CT molecular complexity index is 423. The highest BCUT2D eigenvalue weighted by Gasteiger charge is 2.15. The van der Waals surface area contributed by atoms with Gasteiger partial charge in [-0.15, -0.1) is 0 Å². The van der Waals surface area contributed by atoms with Gasteiger partial charge in [-0.3, -0.25) is 9.78 Å². The number of aromatic nitrogens is 1. The second-order valence-electron chi connectivity index (χ2n) is 3.64. The quantitative estimate of drug-likeness (QED) is 0.781. The number of hydrogen-bond donors (Lipinski definition) is 0. The first kappa shape index (κ1) is 15.1. The van der Waals surface area contributed by atoms with Crippen LogP contribution in [0.5, 0.6) is 5.75 Å². The maximum Gasteiger partial charge on any atom is 0.309 e. The fraction of sp³-hybridized carbons (Fsp3) is 0.500. The molecule has 0 aliphatic carbocycles. The van der Waals surface area contributed by atoms with Crippen LogP contribution in [0.4, 0.5) is 0 Å². The van der Waals surface area contributed by atoms with E-state index < -0.39 is 0 Å². The number of nitrogens with zero attached hydrogens (tertiary/aromatic N) is 1. The molecule has 1 aromatic heterocycles. The average molecular weight is 292 g/mol. The topological polar surface area (TPSA) is 48.4 Å². The van der Waals surface area contributed by atoms with Crippen molar-refractivity contribution in [2.75, 3.05) is 13.2 Å². The molecule has 0 atom stereocenters. The SMILES string of the molecule is CCOC(=O)CCOc1c(Cl)c(C)nc(C)c1Cl. The number of carbonyl (C=O) groups is 1. The zero-order chi connectivity index (χ0) is 13.7. The molecule has 0 aromatic carbocycles. The van der Waals surface area contributed by atoms with Crippen LogP contribution in [0.15, 0.2) is 0 Å². The summed E-state index contributed by atoms with van der Waals surface area (Å²) in [5.41, 5.74) is 1.29. The molecule has 0 saturated carbocycles. The Balaban J connectivity index is 2.70. The van der Waals surface area contributed by atoms with Crippen molar-refractivity contribution in [1.82, 2.24) is 4.98 Å². The van der Waals surface area contributed by atoms with Gasteiger partial charge in [-0.1, -0.05) is 23.2 Å². The molecule has 6 heteroatoms.